The Morgan fingerprint density at radius 2 is 2.00 bits per heavy atom. The average Bonchev–Trinajstić information content (AvgIpc) is 2.70. The molecule has 15 heavy (non-hydrogen) atoms. The van der Waals surface area contributed by atoms with Gasteiger partial charge in [0, 0.05) is 19.6 Å². The summed E-state index contributed by atoms with van der Waals surface area (Å²) in [7, 11) is 0. The fourth-order valence-electron chi connectivity index (χ4n) is 1.87. The van der Waals surface area contributed by atoms with Crippen LogP contribution in [0.15, 0.2) is 0 Å². The molecule has 0 saturated heterocycles. The van der Waals surface area contributed by atoms with Gasteiger partial charge in [-0.25, -0.2) is 0 Å². The van der Waals surface area contributed by atoms with Crippen molar-refractivity contribution in [1.82, 2.24) is 0 Å². The van der Waals surface area contributed by atoms with Crippen LogP contribution in [0.2, 0.25) is 0 Å². The summed E-state index contributed by atoms with van der Waals surface area (Å²) in [6.45, 7) is 3.49. The van der Waals surface area contributed by atoms with Crippen molar-refractivity contribution < 1.29 is 14.3 Å². The maximum Gasteiger partial charge on any atom is 0.306 e. The maximum absolute atomic E-state index is 11.4. The molecule has 3 heteroatoms. The van der Waals surface area contributed by atoms with E-state index in [2.05, 4.69) is 0 Å². The number of hydrogen-bond acceptors (Lipinski definition) is 3. The average molecular weight is 214 g/mol. The second-order valence-corrected chi connectivity index (χ2v) is 4.05. The highest BCUT2D eigenvalue weighted by molar-refractivity contribution is 5.69. The SMILES string of the molecule is CCOCCCCC(=O)OC1CCCC1. The minimum Gasteiger partial charge on any atom is -0.462 e. The van der Waals surface area contributed by atoms with Crippen LogP contribution in [0.25, 0.3) is 0 Å². The van der Waals surface area contributed by atoms with Gasteiger partial charge in [-0.1, -0.05) is 0 Å². The van der Waals surface area contributed by atoms with Crippen molar-refractivity contribution >= 4 is 5.97 Å². The lowest BCUT2D eigenvalue weighted by molar-refractivity contribution is -0.148. The Balaban J connectivity index is 1.93. The summed E-state index contributed by atoms with van der Waals surface area (Å²) >= 11 is 0. The van der Waals surface area contributed by atoms with Crippen molar-refractivity contribution in [2.45, 2.75) is 58.0 Å². The van der Waals surface area contributed by atoms with E-state index in [1.54, 1.807) is 0 Å². The fraction of sp³-hybridized carbons (Fsp3) is 0.917. The summed E-state index contributed by atoms with van der Waals surface area (Å²) in [5.41, 5.74) is 0. The summed E-state index contributed by atoms with van der Waals surface area (Å²) in [6.07, 6.45) is 7.13. The van der Waals surface area contributed by atoms with Gasteiger partial charge in [-0.15, -0.1) is 0 Å². The third-order valence-corrected chi connectivity index (χ3v) is 2.72. The molecule has 0 aromatic heterocycles. The molecule has 0 aromatic rings. The van der Waals surface area contributed by atoms with Crippen LogP contribution in [-0.4, -0.2) is 25.3 Å². The molecular formula is C12H22O3. The fourth-order valence-corrected chi connectivity index (χ4v) is 1.87. The van der Waals surface area contributed by atoms with Gasteiger partial charge in [0.1, 0.15) is 6.10 Å². The van der Waals surface area contributed by atoms with Gasteiger partial charge in [-0.3, -0.25) is 4.79 Å². The maximum atomic E-state index is 11.4. The normalized spacial score (nSPS) is 16.9. The van der Waals surface area contributed by atoms with Crippen LogP contribution in [0.3, 0.4) is 0 Å². The van der Waals surface area contributed by atoms with Crippen molar-refractivity contribution in [3.05, 3.63) is 0 Å². The Kier molecular flexibility index (Phi) is 6.41. The van der Waals surface area contributed by atoms with E-state index >= 15 is 0 Å². The molecule has 3 nitrogen and oxygen atoms in total. The third-order valence-electron chi connectivity index (χ3n) is 2.72. The standard InChI is InChI=1S/C12H22O3/c1-2-14-10-6-5-9-12(13)15-11-7-3-4-8-11/h11H,2-10H2,1H3. The van der Waals surface area contributed by atoms with Crippen molar-refractivity contribution in [3.8, 4) is 0 Å². The lowest BCUT2D eigenvalue weighted by atomic mass is 10.2. The van der Waals surface area contributed by atoms with Gasteiger partial charge in [0.15, 0.2) is 0 Å². The molecule has 0 atom stereocenters. The quantitative estimate of drug-likeness (QED) is 0.483. The topological polar surface area (TPSA) is 35.5 Å². The molecule has 0 spiro atoms. The Morgan fingerprint density at radius 1 is 1.27 bits per heavy atom. The predicted molar refractivity (Wildman–Crippen MR) is 58.7 cm³/mol. The van der Waals surface area contributed by atoms with Crippen LogP contribution in [0.1, 0.15) is 51.9 Å². The van der Waals surface area contributed by atoms with E-state index in [9.17, 15) is 4.79 Å². The first-order valence-electron chi connectivity index (χ1n) is 6.10. The zero-order chi connectivity index (χ0) is 10.9. The van der Waals surface area contributed by atoms with Gasteiger partial charge in [-0.05, 0) is 45.4 Å². The molecule has 0 aliphatic heterocycles. The third kappa shape index (κ3) is 5.78. The second kappa shape index (κ2) is 7.69. The zero-order valence-electron chi connectivity index (χ0n) is 9.67. The van der Waals surface area contributed by atoms with E-state index in [0.29, 0.717) is 6.42 Å². The number of unbranched alkanes of at least 4 members (excludes halogenated alkanes) is 1. The summed E-state index contributed by atoms with van der Waals surface area (Å²) < 4.78 is 10.5. The van der Waals surface area contributed by atoms with E-state index in [1.165, 1.54) is 12.8 Å². The Hall–Kier alpha value is -0.570. The number of hydrogen-bond donors (Lipinski definition) is 0. The summed E-state index contributed by atoms with van der Waals surface area (Å²) in [6, 6.07) is 0. The molecule has 0 heterocycles. The first-order chi connectivity index (χ1) is 7.33. The van der Waals surface area contributed by atoms with Crippen LogP contribution in [0.4, 0.5) is 0 Å². The largest absolute Gasteiger partial charge is 0.462 e. The molecular weight excluding hydrogens is 192 g/mol. The Bertz CT molecular complexity index is 174. The molecule has 1 rings (SSSR count). The molecule has 88 valence electrons. The lowest BCUT2D eigenvalue weighted by Gasteiger charge is -2.10. The molecule has 0 aromatic carbocycles. The van der Waals surface area contributed by atoms with Crippen molar-refractivity contribution in [3.63, 3.8) is 0 Å². The predicted octanol–water partition coefficient (Wildman–Crippen LogP) is 2.68. The first kappa shape index (κ1) is 12.5. The van der Waals surface area contributed by atoms with Gasteiger partial charge in [0.2, 0.25) is 0 Å². The van der Waals surface area contributed by atoms with E-state index in [0.717, 1.165) is 38.9 Å². The van der Waals surface area contributed by atoms with Crippen molar-refractivity contribution in [1.29, 1.82) is 0 Å². The number of ether oxygens (including phenoxy) is 2. The molecule has 1 fully saturated rings. The summed E-state index contributed by atoms with van der Waals surface area (Å²) in [5, 5.41) is 0. The lowest BCUT2D eigenvalue weighted by Crippen LogP contribution is -2.14. The smallest absolute Gasteiger partial charge is 0.306 e. The molecule has 1 saturated carbocycles. The highest BCUT2D eigenvalue weighted by atomic mass is 16.5. The summed E-state index contributed by atoms with van der Waals surface area (Å²) in [4.78, 5) is 11.4. The Labute approximate surface area is 92.1 Å². The van der Waals surface area contributed by atoms with Crippen LogP contribution in [0.5, 0.6) is 0 Å². The van der Waals surface area contributed by atoms with Crippen LogP contribution in [0, 0.1) is 0 Å². The molecule has 1 aliphatic rings. The number of carbonyl (C=O) groups excluding carboxylic acids is 1. The van der Waals surface area contributed by atoms with Crippen molar-refractivity contribution in [2.24, 2.45) is 0 Å². The Morgan fingerprint density at radius 3 is 2.67 bits per heavy atom. The number of esters is 1. The number of rotatable bonds is 7. The van der Waals surface area contributed by atoms with Gasteiger partial charge < -0.3 is 9.47 Å². The first-order valence-corrected chi connectivity index (χ1v) is 6.10. The second-order valence-electron chi connectivity index (χ2n) is 4.05. The molecule has 0 radical (unpaired) electrons. The van der Waals surface area contributed by atoms with E-state index < -0.39 is 0 Å². The zero-order valence-corrected chi connectivity index (χ0v) is 9.67. The van der Waals surface area contributed by atoms with E-state index in [4.69, 9.17) is 9.47 Å². The van der Waals surface area contributed by atoms with Gasteiger partial charge >= 0.3 is 5.97 Å². The molecule has 0 amide bonds. The van der Waals surface area contributed by atoms with Crippen LogP contribution in [-0.2, 0) is 14.3 Å². The van der Waals surface area contributed by atoms with Gasteiger partial charge in [0.25, 0.3) is 0 Å². The molecule has 1 aliphatic carbocycles. The molecule has 0 unspecified atom stereocenters. The van der Waals surface area contributed by atoms with E-state index in [1.807, 2.05) is 6.92 Å². The van der Waals surface area contributed by atoms with Crippen LogP contribution >= 0.6 is 0 Å². The highest BCUT2D eigenvalue weighted by Gasteiger charge is 2.18. The monoisotopic (exact) mass is 214 g/mol. The highest BCUT2D eigenvalue weighted by Crippen LogP contribution is 2.21. The van der Waals surface area contributed by atoms with Gasteiger partial charge in [-0.2, -0.15) is 0 Å². The summed E-state index contributed by atoms with van der Waals surface area (Å²) in [5.74, 6) is -0.0293. The minimum atomic E-state index is -0.0293. The van der Waals surface area contributed by atoms with E-state index in [-0.39, 0.29) is 12.1 Å². The number of carbonyl (C=O) groups is 1. The minimum absolute atomic E-state index is 0.0293. The van der Waals surface area contributed by atoms with Gasteiger partial charge in [0.05, 0.1) is 0 Å². The van der Waals surface area contributed by atoms with Crippen LogP contribution < -0.4 is 0 Å². The molecule has 0 N–H and O–H groups in total. The molecule has 0 bridgehead atoms. The van der Waals surface area contributed by atoms with Crippen molar-refractivity contribution in [2.75, 3.05) is 13.2 Å².